The van der Waals surface area contributed by atoms with E-state index in [4.69, 9.17) is 27.9 Å². The highest BCUT2D eigenvalue weighted by Crippen LogP contribution is 2.27. The Bertz CT molecular complexity index is 772. The van der Waals surface area contributed by atoms with E-state index < -0.39 is 6.04 Å². The number of carbonyl (C=O) groups is 1. The average molecular weight is 363 g/mol. The number of para-hydroxylation sites is 1. The maximum atomic E-state index is 12.2. The van der Waals surface area contributed by atoms with Gasteiger partial charge in [-0.3, -0.25) is 4.79 Å². The lowest BCUT2D eigenvalue weighted by Crippen LogP contribution is -2.28. The predicted molar refractivity (Wildman–Crippen MR) is 94.3 cm³/mol. The topological polar surface area (TPSA) is 62.1 Å². The number of hydrogen-bond donors (Lipinski definition) is 1. The molecule has 0 heterocycles. The van der Waals surface area contributed by atoms with Gasteiger partial charge in [0.25, 0.3) is 0 Å². The first-order valence-electron chi connectivity index (χ1n) is 7.31. The van der Waals surface area contributed by atoms with Crippen LogP contribution in [0.2, 0.25) is 10.0 Å². The van der Waals surface area contributed by atoms with Crippen LogP contribution in [0.3, 0.4) is 0 Å². The highest BCUT2D eigenvalue weighted by Gasteiger charge is 2.18. The monoisotopic (exact) mass is 362 g/mol. The van der Waals surface area contributed by atoms with Gasteiger partial charge in [0.15, 0.2) is 0 Å². The lowest BCUT2D eigenvalue weighted by Gasteiger charge is -2.15. The van der Waals surface area contributed by atoms with Crippen molar-refractivity contribution in [2.45, 2.75) is 18.9 Å². The van der Waals surface area contributed by atoms with Gasteiger partial charge in [-0.2, -0.15) is 5.26 Å². The molecule has 0 fully saturated rings. The largest absolute Gasteiger partial charge is 0.496 e. The molecule has 0 aliphatic heterocycles. The molecule has 1 atom stereocenters. The number of hydrogen-bond acceptors (Lipinski definition) is 3. The van der Waals surface area contributed by atoms with Crippen LogP contribution in [0.25, 0.3) is 0 Å². The fourth-order valence-corrected chi connectivity index (χ4v) is 2.72. The molecule has 2 rings (SSSR count). The number of rotatable bonds is 6. The van der Waals surface area contributed by atoms with Crippen LogP contribution >= 0.6 is 23.2 Å². The van der Waals surface area contributed by atoms with E-state index in [1.54, 1.807) is 36.4 Å². The summed E-state index contributed by atoms with van der Waals surface area (Å²) in [6.07, 6.45) is 0.642. The van der Waals surface area contributed by atoms with E-state index >= 15 is 0 Å². The minimum Gasteiger partial charge on any atom is -0.496 e. The van der Waals surface area contributed by atoms with Crippen LogP contribution in [-0.4, -0.2) is 13.0 Å². The summed E-state index contributed by atoms with van der Waals surface area (Å²) in [5.74, 6) is 0.311. The van der Waals surface area contributed by atoms with E-state index in [1.165, 1.54) is 7.11 Å². The number of methoxy groups -OCH3 is 1. The van der Waals surface area contributed by atoms with Crippen LogP contribution in [0.1, 0.15) is 23.6 Å². The minimum atomic E-state index is -0.775. The number of amides is 1. The van der Waals surface area contributed by atoms with Crippen molar-refractivity contribution in [1.29, 1.82) is 5.26 Å². The SMILES string of the molecule is COc1ccccc1C(C#N)NC(=O)CCc1cccc(Cl)c1Cl. The lowest BCUT2D eigenvalue weighted by molar-refractivity contribution is -0.121. The third-order valence-corrected chi connectivity index (χ3v) is 4.40. The molecule has 0 aliphatic rings. The number of nitrogens with one attached hydrogen (secondary N) is 1. The molecule has 1 unspecified atom stereocenters. The maximum absolute atomic E-state index is 12.2. The average Bonchev–Trinajstić information content (AvgIpc) is 2.61. The van der Waals surface area contributed by atoms with Crippen LogP contribution in [0.15, 0.2) is 42.5 Å². The Balaban J connectivity index is 2.03. The summed E-state index contributed by atoms with van der Waals surface area (Å²) in [4.78, 5) is 12.2. The fourth-order valence-electron chi connectivity index (χ4n) is 2.31. The molecule has 6 heteroatoms. The number of carbonyl (C=O) groups excluding carboxylic acids is 1. The van der Waals surface area contributed by atoms with Crippen molar-refractivity contribution in [3.05, 3.63) is 63.6 Å². The second kappa shape index (κ2) is 8.58. The molecule has 0 saturated carbocycles. The predicted octanol–water partition coefficient (Wildman–Crippen LogP) is 4.32. The Kier molecular flexibility index (Phi) is 6.48. The first-order valence-corrected chi connectivity index (χ1v) is 8.07. The smallest absolute Gasteiger partial charge is 0.221 e. The number of nitrogens with zero attached hydrogens (tertiary/aromatic N) is 1. The molecular formula is C18H16Cl2N2O2. The van der Waals surface area contributed by atoms with Gasteiger partial charge >= 0.3 is 0 Å². The second-order valence-corrected chi connectivity index (χ2v) is 5.87. The van der Waals surface area contributed by atoms with Crippen molar-refractivity contribution >= 4 is 29.1 Å². The Morgan fingerprint density at radius 3 is 2.71 bits per heavy atom. The number of halogens is 2. The summed E-state index contributed by atoms with van der Waals surface area (Å²) >= 11 is 12.1. The Morgan fingerprint density at radius 2 is 2.00 bits per heavy atom. The van der Waals surface area contributed by atoms with Crippen LogP contribution < -0.4 is 10.1 Å². The summed E-state index contributed by atoms with van der Waals surface area (Å²) in [7, 11) is 1.52. The van der Waals surface area contributed by atoms with Crippen LogP contribution in [0.4, 0.5) is 0 Å². The second-order valence-electron chi connectivity index (χ2n) is 5.08. The van der Waals surface area contributed by atoms with E-state index in [1.807, 2.05) is 6.07 Å². The van der Waals surface area contributed by atoms with E-state index in [-0.39, 0.29) is 12.3 Å². The van der Waals surface area contributed by atoms with Crippen LogP contribution in [0.5, 0.6) is 5.75 Å². The third kappa shape index (κ3) is 4.41. The van der Waals surface area contributed by atoms with Gasteiger partial charge < -0.3 is 10.1 Å². The molecule has 124 valence electrons. The van der Waals surface area contributed by atoms with Gasteiger partial charge in [-0.1, -0.05) is 53.5 Å². The summed E-state index contributed by atoms with van der Waals surface area (Å²) in [6, 6.07) is 13.7. The normalized spacial score (nSPS) is 11.4. The lowest BCUT2D eigenvalue weighted by atomic mass is 10.1. The molecular weight excluding hydrogens is 347 g/mol. The van der Waals surface area contributed by atoms with E-state index in [2.05, 4.69) is 11.4 Å². The van der Waals surface area contributed by atoms with Crippen molar-refractivity contribution in [3.63, 3.8) is 0 Å². The molecule has 1 N–H and O–H groups in total. The van der Waals surface area contributed by atoms with Crippen molar-refractivity contribution < 1.29 is 9.53 Å². The van der Waals surface area contributed by atoms with E-state index in [9.17, 15) is 10.1 Å². The molecule has 0 aliphatic carbocycles. The molecule has 4 nitrogen and oxygen atoms in total. The molecule has 0 saturated heterocycles. The van der Waals surface area contributed by atoms with E-state index in [0.29, 0.717) is 27.8 Å². The number of nitriles is 1. The minimum absolute atomic E-state index is 0.202. The van der Waals surface area contributed by atoms with Crippen LogP contribution in [0, 0.1) is 11.3 Å². The van der Waals surface area contributed by atoms with Crippen LogP contribution in [-0.2, 0) is 11.2 Å². The zero-order chi connectivity index (χ0) is 17.5. The zero-order valence-electron chi connectivity index (χ0n) is 13.1. The van der Waals surface area contributed by atoms with Gasteiger partial charge in [-0.15, -0.1) is 0 Å². The van der Waals surface area contributed by atoms with Gasteiger partial charge in [0.05, 0.1) is 23.2 Å². The molecule has 0 spiro atoms. The van der Waals surface area contributed by atoms with Gasteiger partial charge in [0, 0.05) is 12.0 Å². The number of benzene rings is 2. The quantitative estimate of drug-likeness (QED) is 0.832. The molecule has 0 aromatic heterocycles. The first kappa shape index (κ1) is 18.1. The van der Waals surface area contributed by atoms with Crippen molar-refractivity contribution in [2.75, 3.05) is 7.11 Å². The third-order valence-electron chi connectivity index (χ3n) is 3.54. The number of ether oxygens (including phenoxy) is 1. The van der Waals surface area contributed by atoms with Gasteiger partial charge in [-0.25, -0.2) is 0 Å². The number of aryl methyl sites for hydroxylation is 1. The van der Waals surface area contributed by atoms with E-state index in [0.717, 1.165) is 5.56 Å². The Morgan fingerprint density at radius 1 is 1.25 bits per heavy atom. The summed E-state index contributed by atoms with van der Waals surface area (Å²) in [5, 5.41) is 13.0. The van der Waals surface area contributed by atoms with Gasteiger partial charge in [-0.05, 0) is 24.1 Å². The summed E-state index contributed by atoms with van der Waals surface area (Å²) < 4.78 is 5.23. The highest BCUT2D eigenvalue weighted by atomic mass is 35.5. The molecule has 0 radical (unpaired) electrons. The highest BCUT2D eigenvalue weighted by molar-refractivity contribution is 6.42. The van der Waals surface area contributed by atoms with Gasteiger partial charge in [0.1, 0.15) is 11.8 Å². The molecule has 2 aromatic carbocycles. The maximum Gasteiger partial charge on any atom is 0.221 e. The Hall–Kier alpha value is -2.22. The molecule has 24 heavy (non-hydrogen) atoms. The fraction of sp³-hybridized carbons (Fsp3) is 0.222. The van der Waals surface area contributed by atoms with Crippen molar-refractivity contribution in [3.8, 4) is 11.8 Å². The van der Waals surface area contributed by atoms with Gasteiger partial charge in [0.2, 0.25) is 5.91 Å². The first-order chi connectivity index (χ1) is 11.6. The molecule has 1 amide bonds. The van der Waals surface area contributed by atoms with Crippen molar-refractivity contribution in [2.24, 2.45) is 0 Å². The molecule has 2 aromatic rings. The molecule has 0 bridgehead atoms. The standard InChI is InChI=1S/C18H16Cl2N2O2/c1-24-16-8-3-2-6-13(16)15(11-21)22-17(23)10-9-12-5-4-7-14(19)18(12)20/h2-8,15H,9-10H2,1H3,(H,22,23). The summed E-state index contributed by atoms with van der Waals surface area (Å²) in [6.45, 7) is 0. The Labute approximate surface area is 151 Å². The van der Waals surface area contributed by atoms with Crippen molar-refractivity contribution in [1.82, 2.24) is 5.32 Å². The zero-order valence-corrected chi connectivity index (χ0v) is 14.6. The summed E-state index contributed by atoms with van der Waals surface area (Å²) in [5.41, 5.74) is 1.42.